The average molecular weight is 419 g/mol. The van der Waals surface area contributed by atoms with Crippen LogP contribution in [0, 0.1) is 0 Å². The minimum atomic E-state index is 0.0273. The number of rotatable bonds is 10. The molecule has 4 aromatic rings. The highest BCUT2D eigenvalue weighted by Crippen LogP contribution is 2.20. The second kappa shape index (κ2) is 9.88. The van der Waals surface area contributed by atoms with Gasteiger partial charge in [-0.1, -0.05) is 17.3 Å². The summed E-state index contributed by atoms with van der Waals surface area (Å²) in [5, 5.41) is 6.96. The van der Waals surface area contributed by atoms with E-state index < -0.39 is 0 Å². The molecule has 4 rings (SSSR count). The first-order chi connectivity index (χ1) is 15.2. The number of aryl methyl sites for hydroxylation is 2. The first-order valence-electron chi connectivity index (χ1n) is 10.4. The lowest BCUT2D eigenvalue weighted by molar-refractivity contribution is -0.121. The van der Waals surface area contributed by atoms with Crippen LogP contribution in [0.5, 0.6) is 5.75 Å². The fourth-order valence-corrected chi connectivity index (χ4v) is 3.31. The lowest BCUT2D eigenvalue weighted by Gasteiger charge is -2.03. The van der Waals surface area contributed by atoms with E-state index in [1.54, 1.807) is 7.11 Å². The number of methoxy groups -OCH3 is 1. The minimum Gasteiger partial charge on any atom is -0.497 e. The van der Waals surface area contributed by atoms with Crippen molar-refractivity contribution in [2.75, 3.05) is 13.7 Å². The summed E-state index contributed by atoms with van der Waals surface area (Å²) in [5.74, 6) is 2.81. The van der Waals surface area contributed by atoms with E-state index in [0.29, 0.717) is 37.5 Å². The molecule has 31 heavy (non-hydrogen) atoms. The number of aromatic nitrogens is 4. The second-order valence-electron chi connectivity index (χ2n) is 7.25. The van der Waals surface area contributed by atoms with Crippen molar-refractivity contribution in [1.82, 2.24) is 25.4 Å². The summed E-state index contributed by atoms with van der Waals surface area (Å²) < 4.78 is 10.4. The largest absolute Gasteiger partial charge is 0.497 e. The lowest BCUT2D eigenvalue weighted by atomic mass is 10.2. The molecule has 0 bridgehead atoms. The van der Waals surface area contributed by atoms with Crippen molar-refractivity contribution >= 4 is 16.9 Å². The first kappa shape index (κ1) is 20.6. The van der Waals surface area contributed by atoms with Gasteiger partial charge in [0, 0.05) is 31.4 Å². The number of H-pyrrole nitrogens is 1. The maximum absolute atomic E-state index is 12.1. The van der Waals surface area contributed by atoms with E-state index in [-0.39, 0.29) is 5.91 Å². The van der Waals surface area contributed by atoms with Crippen molar-refractivity contribution in [3.63, 3.8) is 0 Å². The van der Waals surface area contributed by atoms with E-state index in [1.807, 2.05) is 48.5 Å². The van der Waals surface area contributed by atoms with Gasteiger partial charge in [-0.15, -0.1) is 0 Å². The third-order valence-electron chi connectivity index (χ3n) is 4.96. The summed E-state index contributed by atoms with van der Waals surface area (Å²) in [7, 11) is 1.62. The molecule has 2 aromatic heterocycles. The molecule has 0 aliphatic heterocycles. The maximum Gasteiger partial charge on any atom is 0.226 e. The van der Waals surface area contributed by atoms with E-state index in [0.717, 1.165) is 41.0 Å². The van der Waals surface area contributed by atoms with Crippen molar-refractivity contribution in [2.24, 2.45) is 0 Å². The van der Waals surface area contributed by atoms with Gasteiger partial charge in [0.05, 0.1) is 18.1 Å². The number of para-hydroxylation sites is 2. The molecule has 8 heteroatoms. The van der Waals surface area contributed by atoms with Crippen LogP contribution < -0.4 is 10.1 Å². The van der Waals surface area contributed by atoms with Crippen LogP contribution in [0.15, 0.2) is 53.1 Å². The number of nitrogens with one attached hydrogen (secondary N) is 2. The summed E-state index contributed by atoms with van der Waals surface area (Å²) in [4.78, 5) is 24.3. The van der Waals surface area contributed by atoms with Gasteiger partial charge in [-0.25, -0.2) is 4.98 Å². The van der Waals surface area contributed by atoms with E-state index in [1.165, 1.54) is 0 Å². The fraction of sp³-hybridized carbons (Fsp3) is 0.304. The highest BCUT2D eigenvalue weighted by atomic mass is 16.5. The molecule has 160 valence electrons. The minimum absolute atomic E-state index is 0.0273. The maximum atomic E-state index is 12.1. The van der Waals surface area contributed by atoms with Crippen molar-refractivity contribution in [3.8, 4) is 17.1 Å². The van der Waals surface area contributed by atoms with Crippen molar-refractivity contribution in [3.05, 3.63) is 60.2 Å². The predicted octanol–water partition coefficient (Wildman–Crippen LogP) is 3.69. The molecule has 0 fully saturated rings. The van der Waals surface area contributed by atoms with Crippen molar-refractivity contribution < 1.29 is 14.1 Å². The highest BCUT2D eigenvalue weighted by molar-refractivity contribution is 5.76. The number of ether oxygens (including phenoxy) is 1. The Kier molecular flexibility index (Phi) is 6.56. The van der Waals surface area contributed by atoms with E-state index >= 15 is 0 Å². The van der Waals surface area contributed by atoms with Gasteiger partial charge in [0.15, 0.2) is 0 Å². The van der Waals surface area contributed by atoms with Gasteiger partial charge in [-0.3, -0.25) is 4.79 Å². The molecule has 2 N–H and O–H groups in total. The molecular formula is C23H25N5O3. The monoisotopic (exact) mass is 419 g/mol. The Morgan fingerprint density at radius 1 is 1.06 bits per heavy atom. The van der Waals surface area contributed by atoms with Crippen LogP contribution in [-0.2, 0) is 17.6 Å². The van der Waals surface area contributed by atoms with Crippen LogP contribution in [0.2, 0.25) is 0 Å². The van der Waals surface area contributed by atoms with Gasteiger partial charge in [0.1, 0.15) is 11.6 Å². The Morgan fingerprint density at radius 2 is 1.90 bits per heavy atom. The SMILES string of the molecule is COc1ccc(-c2noc(CCCC(=O)NCCCc3nc4ccccc4[nH]3)n2)cc1. The van der Waals surface area contributed by atoms with Gasteiger partial charge in [-0.05, 0) is 49.2 Å². The number of nitrogens with zero attached hydrogens (tertiary/aromatic N) is 3. The Hall–Kier alpha value is -3.68. The smallest absolute Gasteiger partial charge is 0.226 e. The zero-order chi connectivity index (χ0) is 21.5. The molecule has 2 heterocycles. The number of imidazole rings is 1. The third-order valence-corrected chi connectivity index (χ3v) is 4.96. The number of carbonyl (C=O) groups is 1. The van der Waals surface area contributed by atoms with Crippen LogP contribution in [0.3, 0.4) is 0 Å². The van der Waals surface area contributed by atoms with Crippen LogP contribution >= 0.6 is 0 Å². The highest BCUT2D eigenvalue weighted by Gasteiger charge is 2.10. The van der Waals surface area contributed by atoms with E-state index in [9.17, 15) is 4.79 Å². The summed E-state index contributed by atoms with van der Waals surface area (Å²) in [5.41, 5.74) is 2.87. The number of amides is 1. The molecule has 0 aliphatic rings. The van der Waals surface area contributed by atoms with Crippen LogP contribution in [-0.4, -0.2) is 39.7 Å². The number of benzene rings is 2. The van der Waals surface area contributed by atoms with E-state index in [2.05, 4.69) is 25.4 Å². The number of hydrogen-bond acceptors (Lipinski definition) is 6. The second-order valence-corrected chi connectivity index (χ2v) is 7.25. The zero-order valence-corrected chi connectivity index (χ0v) is 17.4. The summed E-state index contributed by atoms with van der Waals surface area (Å²) in [6.07, 6.45) is 3.27. The van der Waals surface area contributed by atoms with Crippen LogP contribution in [0.1, 0.15) is 31.0 Å². The lowest BCUT2D eigenvalue weighted by Crippen LogP contribution is -2.24. The number of hydrogen-bond donors (Lipinski definition) is 2. The molecule has 0 unspecified atom stereocenters. The number of fused-ring (bicyclic) bond motifs is 1. The fourth-order valence-electron chi connectivity index (χ4n) is 3.31. The molecule has 0 radical (unpaired) electrons. The molecule has 0 spiro atoms. The predicted molar refractivity (Wildman–Crippen MR) is 117 cm³/mol. The number of aromatic amines is 1. The summed E-state index contributed by atoms with van der Waals surface area (Å²) in [6.45, 7) is 0.623. The molecule has 0 aliphatic carbocycles. The molecule has 0 saturated heterocycles. The van der Waals surface area contributed by atoms with Gasteiger partial charge in [0.2, 0.25) is 17.6 Å². The van der Waals surface area contributed by atoms with Crippen molar-refractivity contribution in [1.29, 1.82) is 0 Å². The van der Waals surface area contributed by atoms with Crippen LogP contribution in [0.25, 0.3) is 22.4 Å². The summed E-state index contributed by atoms with van der Waals surface area (Å²) >= 11 is 0. The summed E-state index contributed by atoms with van der Waals surface area (Å²) in [6, 6.07) is 15.4. The van der Waals surface area contributed by atoms with Gasteiger partial charge in [0.25, 0.3) is 0 Å². The number of carbonyl (C=O) groups excluding carboxylic acids is 1. The average Bonchev–Trinajstić information content (AvgIpc) is 3.43. The molecule has 2 aromatic carbocycles. The molecule has 0 atom stereocenters. The first-order valence-corrected chi connectivity index (χ1v) is 10.4. The molecule has 8 nitrogen and oxygen atoms in total. The molecular weight excluding hydrogens is 394 g/mol. The Labute approximate surface area is 180 Å². The van der Waals surface area contributed by atoms with Gasteiger partial charge >= 0.3 is 0 Å². The Balaban J connectivity index is 1.14. The Bertz CT molecular complexity index is 1100. The van der Waals surface area contributed by atoms with Gasteiger partial charge in [-0.2, -0.15) is 4.98 Å². The zero-order valence-electron chi connectivity index (χ0n) is 17.4. The van der Waals surface area contributed by atoms with Crippen molar-refractivity contribution in [2.45, 2.75) is 32.1 Å². The third kappa shape index (κ3) is 5.48. The van der Waals surface area contributed by atoms with Gasteiger partial charge < -0.3 is 19.6 Å². The Morgan fingerprint density at radius 3 is 2.71 bits per heavy atom. The standard InChI is InChI=1S/C23H25N5O3/c1-30-17-13-11-16(12-14-17)23-27-22(31-28-23)10-4-9-21(29)24-15-5-8-20-25-18-6-2-3-7-19(18)26-20/h2-3,6-7,11-14H,4-5,8-10,15H2,1H3,(H,24,29)(H,25,26). The van der Waals surface area contributed by atoms with Crippen LogP contribution in [0.4, 0.5) is 0 Å². The topological polar surface area (TPSA) is 106 Å². The quantitative estimate of drug-likeness (QED) is 0.380. The van der Waals surface area contributed by atoms with E-state index in [4.69, 9.17) is 9.26 Å². The molecule has 1 amide bonds. The molecule has 0 saturated carbocycles. The normalized spacial score (nSPS) is 11.0.